The fourth-order valence-electron chi connectivity index (χ4n) is 3.30. The van der Waals surface area contributed by atoms with E-state index in [1.54, 1.807) is 0 Å². The van der Waals surface area contributed by atoms with Crippen molar-refractivity contribution in [1.29, 1.82) is 0 Å². The normalized spacial score (nSPS) is 21.4. The van der Waals surface area contributed by atoms with E-state index >= 15 is 0 Å². The highest BCUT2D eigenvalue weighted by Gasteiger charge is 2.36. The molecule has 1 saturated carbocycles. The summed E-state index contributed by atoms with van der Waals surface area (Å²) in [6.07, 6.45) is 3.53. The first kappa shape index (κ1) is 14.5. The van der Waals surface area contributed by atoms with Gasteiger partial charge in [0.1, 0.15) is 0 Å². The Morgan fingerprint density at radius 1 is 1.33 bits per heavy atom. The van der Waals surface area contributed by atoms with Crippen LogP contribution in [-0.4, -0.2) is 59.6 Å². The van der Waals surface area contributed by atoms with Crippen molar-refractivity contribution in [3.8, 4) is 0 Å². The predicted octanol–water partition coefficient (Wildman–Crippen LogP) is 1.60. The number of likely N-dealkylation sites (N-methyl/N-ethyl adjacent to an activating group) is 1. The molecule has 1 aliphatic heterocycles. The van der Waals surface area contributed by atoms with Crippen molar-refractivity contribution in [2.75, 3.05) is 26.7 Å². The fourth-order valence-corrected chi connectivity index (χ4v) is 3.30. The van der Waals surface area contributed by atoms with Crippen LogP contribution in [0.25, 0.3) is 0 Å². The maximum Gasteiger partial charge on any atom is 0.253 e. The molecule has 0 bridgehead atoms. The second-order valence-electron chi connectivity index (χ2n) is 6.41. The van der Waals surface area contributed by atoms with E-state index in [1.165, 1.54) is 19.3 Å². The van der Waals surface area contributed by atoms with Crippen molar-refractivity contribution in [2.24, 2.45) is 5.92 Å². The molecule has 1 heterocycles. The molecule has 0 spiro atoms. The third-order valence-corrected chi connectivity index (χ3v) is 4.92. The van der Waals surface area contributed by atoms with E-state index in [0.717, 1.165) is 25.2 Å². The summed E-state index contributed by atoms with van der Waals surface area (Å²) in [5, 5.41) is 9.44. The average Bonchev–Trinajstić information content (AvgIpc) is 2.42. The largest absolute Gasteiger partial charge is 0.390 e. The van der Waals surface area contributed by atoms with E-state index in [2.05, 4.69) is 4.90 Å². The Morgan fingerprint density at radius 2 is 2.00 bits per heavy atom. The number of carbonyl (C=O) groups excluding carboxylic acids is 1. The Labute approximate surface area is 126 Å². The number of benzene rings is 1. The second kappa shape index (κ2) is 6.16. The van der Waals surface area contributed by atoms with Crippen LogP contribution in [0.5, 0.6) is 0 Å². The van der Waals surface area contributed by atoms with E-state index in [4.69, 9.17) is 0 Å². The molecule has 1 amide bonds. The van der Waals surface area contributed by atoms with Crippen molar-refractivity contribution in [1.82, 2.24) is 9.80 Å². The maximum absolute atomic E-state index is 12.6. The number of hydrogen-bond acceptors (Lipinski definition) is 3. The van der Waals surface area contributed by atoms with Gasteiger partial charge in [-0.2, -0.15) is 0 Å². The van der Waals surface area contributed by atoms with E-state index in [9.17, 15) is 9.90 Å². The zero-order valence-corrected chi connectivity index (χ0v) is 12.6. The van der Waals surface area contributed by atoms with Crippen molar-refractivity contribution in [3.63, 3.8) is 0 Å². The highest BCUT2D eigenvalue weighted by Crippen LogP contribution is 2.33. The summed E-state index contributed by atoms with van der Waals surface area (Å²) in [5.74, 6) is 0.717. The zero-order valence-electron chi connectivity index (χ0n) is 12.6. The highest BCUT2D eigenvalue weighted by atomic mass is 16.3. The Morgan fingerprint density at radius 3 is 2.52 bits per heavy atom. The number of likely N-dealkylation sites (tertiary alicyclic amines) is 1. The van der Waals surface area contributed by atoms with Crippen LogP contribution in [0.4, 0.5) is 0 Å². The van der Waals surface area contributed by atoms with Crippen LogP contribution in [0.3, 0.4) is 0 Å². The van der Waals surface area contributed by atoms with Crippen LogP contribution in [0.15, 0.2) is 30.3 Å². The van der Waals surface area contributed by atoms with Crippen LogP contribution < -0.4 is 0 Å². The number of β-amino-alcohol motifs (C(OH)–C–C–N with tert-alkyl or cyclic N) is 1. The molecule has 0 radical (unpaired) electrons. The topological polar surface area (TPSA) is 43.8 Å². The number of carbonyl (C=O) groups is 1. The minimum absolute atomic E-state index is 0.105. The standard InChI is InChI=1S/C17H24N2O2/c1-18(17(21)14-6-3-2-4-7-14)16(13-8-5-9-13)12-19-10-15(20)11-19/h2-4,6-7,13,15-16,20H,5,8-12H2,1H3. The summed E-state index contributed by atoms with van der Waals surface area (Å²) in [5.41, 5.74) is 0.757. The summed E-state index contributed by atoms with van der Waals surface area (Å²) in [6.45, 7) is 2.38. The van der Waals surface area contributed by atoms with Gasteiger partial charge in [0.05, 0.1) is 6.10 Å². The van der Waals surface area contributed by atoms with Gasteiger partial charge in [-0.05, 0) is 30.9 Å². The molecular formula is C17H24N2O2. The van der Waals surface area contributed by atoms with Crippen molar-refractivity contribution in [2.45, 2.75) is 31.4 Å². The van der Waals surface area contributed by atoms with Gasteiger partial charge < -0.3 is 10.0 Å². The fraction of sp³-hybridized carbons (Fsp3) is 0.588. The quantitative estimate of drug-likeness (QED) is 0.895. The van der Waals surface area contributed by atoms with E-state index < -0.39 is 0 Å². The molecule has 2 aliphatic rings. The molecule has 1 saturated heterocycles. The van der Waals surface area contributed by atoms with Gasteiger partial charge in [-0.1, -0.05) is 24.6 Å². The van der Waals surface area contributed by atoms with Crippen LogP contribution in [0, 0.1) is 5.92 Å². The molecule has 1 aliphatic carbocycles. The first-order valence-corrected chi connectivity index (χ1v) is 7.88. The lowest BCUT2D eigenvalue weighted by Gasteiger charge is -2.45. The molecule has 1 N–H and O–H groups in total. The Hall–Kier alpha value is -1.39. The molecular weight excluding hydrogens is 264 g/mol. The number of nitrogens with zero attached hydrogens (tertiary/aromatic N) is 2. The summed E-state index contributed by atoms with van der Waals surface area (Å²) in [7, 11) is 1.93. The lowest BCUT2D eigenvalue weighted by atomic mass is 9.78. The first-order valence-electron chi connectivity index (χ1n) is 7.88. The van der Waals surface area contributed by atoms with Gasteiger partial charge in [-0.25, -0.2) is 0 Å². The average molecular weight is 288 g/mol. The third-order valence-electron chi connectivity index (χ3n) is 4.92. The monoisotopic (exact) mass is 288 g/mol. The lowest BCUT2D eigenvalue weighted by molar-refractivity contribution is -0.0223. The molecule has 2 fully saturated rings. The Balaban J connectivity index is 1.68. The number of hydrogen-bond donors (Lipinski definition) is 1. The minimum atomic E-state index is -0.179. The van der Waals surface area contributed by atoms with Gasteiger partial charge in [-0.3, -0.25) is 9.69 Å². The molecule has 114 valence electrons. The number of amides is 1. The molecule has 1 unspecified atom stereocenters. The number of aliphatic hydroxyl groups excluding tert-OH is 1. The highest BCUT2D eigenvalue weighted by molar-refractivity contribution is 5.94. The summed E-state index contributed by atoms with van der Waals surface area (Å²) in [6, 6.07) is 9.77. The third kappa shape index (κ3) is 3.11. The van der Waals surface area contributed by atoms with Crippen LogP contribution in [0.2, 0.25) is 0 Å². The Bertz CT molecular complexity index is 481. The van der Waals surface area contributed by atoms with E-state index in [1.807, 2.05) is 42.3 Å². The summed E-state index contributed by atoms with van der Waals surface area (Å²) >= 11 is 0. The maximum atomic E-state index is 12.6. The predicted molar refractivity (Wildman–Crippen MR) is 82.1 cm³/mol. The second-order valence-corrected chi connectivity index (χ2v) is 6.41. The van der Waals surface area contributed by atoms with Crippen molar-refractivity contribution < 1.29 is 9.90 Å². The van der Waals surface area contributed by atoms with Gasteiger partial charge >= 0.3 is 0 Å². The zero-order chi connectivity index (χ0) is 14.8. The molecule has 21 heavy (non-hydrogen) atoms. The minimum Gasteiger partial charge on any atom is -0.390 e. The smallest absolute Gasteiger partial charge is 0.253 e. The van der Waals surface area contributed by atoms with Crippen molar-refractivity contribution >= 4 is 5.91 Å². The molecule has 1 atom stereocenters. The number of rotatable bonds is 5. The molecule has 3 rings (SSSR count). The lowest BCUT2D eigenvalue weighted by Crippen LogP contribution is -2.58. The summed E-state index contributed by atoms with van der Waals surface area (Å²) < 4.78 is 0. The SMILES string of the molecule is CN(C(=O)c1ccccc1)C(CN1CC(O)C1)C1CCC1. The van der Waals surface area contributed by atoms with E-state index in [-0.39, 0.29) is 18.1 Å². The van der Waals surface area contributed by atoms with Crippen LogP contribution in [-0.2, 0) is 0 Å². The van der Waals surface area contributed by atoms with Crippen molar-refractivity contribution in [3.05, 3.63) is 35.9 Å². The van der Waals surface area contributed by atoms with Gasteiger partial charge in [0.2, 0.25) is 0 Å². The molecule has 4 heteroatoms. The number of aliphatic hydroxyl groups is 1. The Kier molecular flexibility index (Phi) is 4.27. The molecule has 1 aromatic rings. The molecule has 0 aromatic heterocycles. The first-order chi connectivity index (χ1) is 10.1. The van der Waals surface area contributed by atoms with E-state index in [0.29, 0.717) is 5.92 Å². The van der Waals surface area contributed by atoms with Gasteiger partial charge in [0.15, 0.2) is 0 Å². The van der Waals surface area contributed by atoms with Crippen LogP contribution in [0.1, 0.15) is 29.6 Å². The van der Waals surface area contributed by atoms with Gasteiger partial charge in [0, 0.05) is 38.3 Å². The van der Waals surface area contributed by atoms with Crippen LogP contribution >= 0.6 is 0 Å². The van der Waals surface area contributed by atoms with Gasteiger partial charge in [-0.15, -0.1) is 0 Å². The summed E-state index contributed by atoms with van der Waals surface area (Å²) in [4.78, 5) is 16.8. The van der Waals surface area contributed by atoms with Gasteiger partial charge in [0.25, 0.3) is 5.91 Å². The molecule has 1 aromatic carbocycles. The molecule has 4 nitrogen and oxygen atoms in total.